The van der Waals surface area contributed by atoms with Gasteiger partial charge in [0, 0.05) is 17.4 Å². The van der Waals surface area contributed by atoms with Crippen molar-refractivity contribution >= 4 is 17.5 Å². The number of carbonyl (C=O) groups is 2. The number of para-hydroxylation sites is 1. The van der Waals surface area contributed by atoms with Crippen LogP contribution >= 0.6 is 0 Å². The summed E-state index contributed by atoms with van der Waals surface area (Å²) < 4.78 is 12.2. The van der Waals surface area contributed by atoms with Crippen LogP contribution in [0, 0.1) is 0 Å². The van der Waals surface area contributed by atoms with E-state index in [1.54, 1.807) is 25.1 Å². The van der Waals surface area contributed by atoms with Crippen molar-refractivity contribution in [3.8, 4) is 0 Å². The molecular weight excluding hydrogens is 330 g/mol. The van der Waals surface area contributed by atoms with Crippen LogP contribution in [0.3, 0.4) is 0 Å². The van der Waals surface area contributed by atoms with Crippen molar-refractivity contribution in [1.29, 1.82) is 0 Å². The zero-order chi connectivity index (χ0) is 18.4. The Morgan fingerprint density at radius 3 is 2.31 bits per heavy atom. The summed E-state index contributed by atoms with van der Waals surface area (Å²) in [6.07, 6.45) is 0.234. The maximum Gasteiger partial charge on any atom is 0.299 e. The van der Waals surface area contributed by atoms with Gasteiger partial charge in [-0.1, -0.05) is 62.4 Å². The molecule has 134 valence electrons. The lowest BCUT2D eigenvalue weighted by molar-refractivity contribution is -0.275. The van der Waals surface area contributed by atoms with Gasteiger partial charge in [-0.3, -0.25) is 9.59 Å². The van der Waals surface area contributed by atoms with Gasteiger partial charge < -0.3 is 9.47 Å². The highest BCUT2D eigenvalue weighted by Crippen LogP contribution is 2.48. The molecule has 2 aliphatic rings. The van der Waals surface area contributed by atoms with Gasteiger partial charge in [-0.15, -0.1) is 0 Å². The van der Waals surface area contributed by atoms with E-state index < -0.39 is 11.7 Å². The summed E-state index contributed by atoms with van der Waals surface area (Å²) in [4.78, 5) is 26.7. The van der Waals surface area contributed by atoms with E-state index in [9.17, 15) is 9.59 Å². The minimum atomic E-state index is -1.53. The molecule has 2 aromatic rings. The van der Waals surface area contributed by atoms with E-state index in [4.69, 9.17) is 9.47 Å². The minimum Gasteiger partial charge on any atom is -0.337 e. The van der Waals surface area contributed by atoms with Crippen molar-refractivity contribution < 1.29 is 19.1 Å². The monoisotopic (exact) mass is 351 g/mol. The Labute approximate surface area is 152 Å². The Morgan fingerprint density at radius 2 is 1.65 bits per heavy atom. The van der Waals surface area contributed by atoms with Crippen molar-refractivity contribution in [2.24, 2.45) is 0 Å². The molecule has 0 atom stereocenters. The highest BCUT2D eigenvalue weighted by Gasteiger charge is 2.58. The fraction of sp³-hybridized carbons (Fsp3) is 0.333. The predicted molar refractivity (Wildman–Crippen MR) is 96.6 cm³/mol. The van der Waals surface area contributed by atoms with Crippen LogP contribution in [-0.4, -0.2) is 25.0 Å². The second-order valence-corrected chi connectivity index (χ2v) is 7.03. The summed E-state index contributed by atoms with van der Waals surface area (Å²) >= 11 is 0. The van der Waals surface area contributed by atoms with Crippen LogP contribution in [-0.2, 0) is 30.3 Å². The number of imide groups is 1. The van der Waals surface area contributed by atoms with Crippen LogP contribution in [0.25, 0.3) is 0 Å². The molecule has 0 aliphatic carbocycles. The molecule has 5 heteroatoms. The van der Waals surface area contributed by atoms with Gasteiger partial charge in [-0.2, -0.15) is 0 Å². The number of benzene rings is 2. The highest BCUT2D eigenvalue weighted by atomic mass is 16.7. The molecule has 0 aromatic heterocycles. The normalized spacial score (nSPS) is 27.6. The lowest BCUT2D eigenvalue weighted by Gasteiger charge is -2.42. The number of hydrogen-bond donors (Lipinski definition) is 0. The van der Waals surface area contributed by atoms with E-state index in [-0.39, 0.29) is 17.7 Å². The number of amides is 2. The molecule has 1 fully saturated rings. The van der Waals surface area contributed by atoms with E-state index in [2.05, 4.69) is 6.92 Å². The number of ether oxygens (including phenoxy) is 2. The summed E-state index contributed by atoms with van der Waals surface area (Å²) in [6, 6.07) is 17.2. The molecule has 0 saturated carbocycles. The van der Waals surface area contributed by atoms with E-state index in [0.29, 0.717) is 24.5 Å². The molecular formula is C21H21NO4. The Bertz CT molecular complexity index is 853. The van der Waals surface area contributed by atoms with Gasteiger partial charge in [0.15, 0.2) is 0 Å². The molecule has 0 N–H and O–H groups in total. The van der Waals surface area contributed by atoms with Gasteiger partial charge >= 0.3 is 0 Å². The van der Waals surface area contributed by atoms with E-state index in [1.165, 1.54) is 4.90 Å². The quantitative estimate of drug-likeness (QED) is 0.834. The Morgan fingerprint density at radius 1 is 1.04 bits per heavy atom. The molecule has 0 unspecified atom stereocenters. The predicted octanol–water partition coefficient (Wildman–Crippen LogP) is 3.13. The fourth-order valence-electron chi connectivity index (χ4n) is 3.62. The summed E-state index contributed by atoms with van der Waals surface area (Å²) in [5.74, 6) is -2.25. The van der Waals surface area contributed by atoms with Crippen LogP contribution in [0.4, 0.5) is 5.69 Å². The van der Waals surface area contributed by atoms with Crippen molar-refractivity contribution in [2.45, 2.75) is 31.5 Å². The molecule has 0 bridgehead atoms. The molecule has 5 nitrogen and oxygen atoms in total. The number of anilines is 1. The molecule has 4 rings (SSSR count). The zero-order valence-corrected chi connectivity index (χ0v) is 14.9. The highest BCUT2D eigenvalue weighted by molar-refractivity contribution is 6.21. The largest absolute Gasteiger partial charge is 0.337 e. The minimum absolute atomic E-state index is 0.234. The van der Waals surface area contributed by atoms with Gasteiger partial charge in [0.1, 0.15) is 0 Å². The van der Waals surface area contributed by atoms with Gasteiger partial charge in [0.25, 0.3) is 11.7 Å². The molecule has 2 aromatic carbocycles. The van der Waals surface area contributed by atoms with Gasteiger partial charge in [-0.05, 0) is 11.6 Å². The molecule has 1 spiro atoms. The average molecular weight is 351 g/mol. The zero-order valence-electron chi connectivity index (χ0n) is 14.9. The SMILES string of the molecule is CCC(=O)N1C(=O)C2(OCC(C)(c3ccccc3)CO2)c2ccccc21. The summed E-state index contributed by atoms with van der Waals surface area (Å²) in [7, 11) is 0. The second-order valence-electron chi connectivity index (χ2n) is 7.03. The average Bonchev–Trinajstić information content (AvgIpc) is 2.93. The first-order chi connectivity index (χ1) is 12.5. The van der Waals surface area contributed by atoms with Crippen LogP contribution in [0.5, 0.6) is 0 Å². The van der Waals surface area contributed by atoms with E-state index >= 15 is 0 Å². The molecule has 2 aliphatic heterocycles. The van der Waals surface area contributed by atoms with Crippen molar-refractivity contribution in [3.05, 3.63) is 65.7 Å². The third-order valence-electron chi connectivity index (χ3n) is 5.19. The third kappa shape index (κ3) is 2.31. The van der Waals surface area contributed by atoms with Crippen molar-refractivity contribution in [1.82, 2.24) is 0 Å². The van der Waals surface area contributed by atoms with Crippen LogP contribution in [0.15, 0.2) is 54.6 Å². The van der Waals surface area contributed by atoms with E-state index in [0.717, 1.165) is 5.56 Å². The number of fused-ring (bicyclic) bond motifs is 2. The molecule has 2 heterocycles. The molecule has 1 saturated heterocycles. The van der Waals surface area contributed by atoms with Crippen LogP contribution in [0.2, 0.25) is 0 Å². The van der Waals surface area contributed by atoms with E-state index in [1.807, 2.05) is 36.4 Å². The molecule has 0 radical (unpaired) electrons. The summed E-state index contributed by atoms with van der Waals surface area (Å²) in [5.41, 5.74) is 1.88. The Balaban J connectivity index is 1.70. The summed E-state index contributed by atoms with van der Waals surface area (Å²) in [5, 5.41) is 0. The topological polar surface area (TPSA) is 55.8 Å². The van der Waals surface area contributed by atoms with Gasteiger partial charge in [-0.25, -0.2) is 4.90 Å². The number of nitrogens with zero attached hydrogens (tertiary/aromatic N) is 1. The van der Waals surface area contributed by atoms with Gasteiger partial charge in [0.2, 0.25) is 5.91 Å². The maximum absolute atomic E-state index is 13.1. The summed E-state index contributed by atoms with van der Waals surface area (Å²) in [6.45, 7) is 4.43. The van der Waals surface area contributed by atoms with Crippen molar-refractivity contribution in [2.75, 3.05) is 18.1 Å². The Kier molecular flexibility index (Phi) is 3.93. The Hall–Kier alpha value is -2.50. The molecule has 26 heavy (non-hydrogen) atoms. The number of hydrogen-bond acceptors (Lipinski definition) is 4. The smallest absolute Gasteiger partial charge is 0.299 e. The first kappa shape index (κ1) is 16.9. The maximum atomic E-state index is 13.1. The number of rotatable bonds is 2. The lowest BCUT2D eigenvalue weighted by Crippen LogP contribution is -2.54. The first-order valence-corrected chi connectivity index (χ1v) is 8.82. The molecule has 2 amide bonds. The van der Waals surface area contributed by atoms with Crippen molar-refractivity contribution in [3.63, 3.8) is 0 Å². The van der Waals surface area contributed by atoms with Gasteiger partial charge in [0.05, 0.1) is 18.9 Å². The lowest BCUT2D eigenvalue weighted by atomic mass is 9.83. The van der Waals surface area contributed by atoms with Crippen LogP contribution < -0.4 is 4.90 Å². The standard InChI is InChI=1S/C21H21NO4/c1-3-18(23)22-17-12-8-7-11-16(17)21(19(22)24)25-13-20(2,14-26-21)15-9-5-4-6-10-15/h4-12H,3,13-14H2,1-2H3. The van der Waals surface area contributed by atoms with Crippen LogP contribution in [0.1, 0.15) is 31.4 Å². The number of carbonyl (C=O) groups excluding carboxylic acids is 2. The fourth-order valence-corrected chi connectivity index (χ4v) is 3.62. The third-order valence-corrected chi connectivity index (χ3v) is 5.19. The second kappa shape index (κ2) is 6.04. The first-order valence-electron chi connectivity index (χ1n) is 8.82.